The normalized spacial score (nSPS) is 11.8. The number of anilines is 1. The minimum absolute atomic E-state index is 0.280. The fourth-order valence-electron chi connectivity index (χ4n) is 2.71. The zero-order valence-electron chi connectivity index (χ0n) is 17.2. The number of allylic oxidation sites excluding steroid dienone is 4. The van der Waals surface area contributed by atoms with Crippen LogP contribution in [0.1, 0.15) is 16.7 Å². The van der Waals surface area contributed by atoms with E-state index in [1.807, 2.05) is 42.4 Å². The summed E-state index contributed by atoms with van der Waals surface area (Å²) in [4.78, 5) is 28.6. The summed E-state index contributed by atoms with van der Waals surface area (Å²) in [6.45, 7) is 0.688. The van der Waals surface area contributed by atoms with E-state index in [9.17, 15) is 9.59 Å². The van der Waals surface area contributed by atoms with E-state index < -0.39 is 0 Å². The minimum atomic E-state index is -0.280. The molecule has 0 saturated carbocycles. The van der Waals surface area contributed by atoms with Crippen LogP contribution >= 0.6 is 0 Å². The first-order valence-electron chi connectivity index (χ1n) is 9.51. The van der Waals surface area contributed by atoms with Gasteiger partial charge in [-0.25, -0.2) is 0 Å². The largest absolute Gasteiger partial charge is 0.404 e. The lowest BCUT2D eigenvalue weighted by atomic mass is 10.0. The number of benzene rings is 1. The molecule has 0 aliphatic carbocycles. The summed E-state index contributed by atoms with van der Waals surface area (Å²) in [5.41, 5.74) is 9.27. The summed E-state index contributed by atoms with van der Waals surface area (Å²) >= 11 is 0. The van der Waals surface area contributed by atoms with E-state index in [0.717, 1.165) is 23.6 Å². The molecule has 1 heterocycles. The average molecular weight is 415 g/mol. The molecule has 158 valence electrons. The Balaban J connectivity index is 1.98. The second-order valence-electron chi connectivity index (χ2n) is 6.53. The van der Waals surface area contributed by atoms with E-state index in [4.69, 9.17) is 11.1 Å². The predicted molar refractivity (Wildman–Crippen MR) is 125 cm³/mol. The van der Waals surface area contributed by atoms with Crippen LogP contribution in [0.25, 0.3) is 11.6 Å². The zero-order chi connectivity index (χ0) is 22.5. The number of aldehydes is 1. The quantitative estimate of drug-likeness (QED) is 0.238. The molecule has 7 nitrogen and oxygen atoms in total. The molecule has 0 bridgehead atoms. The Morgan fingerprint density at radius 1 is 1.19 bits per heavy atom. The Morgan fingerprint density at radius 2 is 1.97 bits per heavy atom. The van der Waals surface area contributed by atoms with Gasteiger partial charge in [-0.1, -0.05) is 18.2 Å². The van der Waals surface area contributed by atoms with Crippen molar-refractivity contribution in [3.63, 3.8) is 0 Å². The maximum atomic E-state index is 12.3. The zero-order valence-corrected chi connectivity index (χ0v) is 17.2. The number of carbonyl (C=O) groups is 2. The number of nitrogens with two attached hydrogens (primary N) is 1. The van der Waals surface area contributed by atoms with Crippen LogP contribution in [-0.2, 0) is 16.1 Å². The Morgan fingerprint density at radius 3 is 2.65 bits per heavy atom. The van der Waals surface area contributed by atoms with E-state index >= 15 is 0 Å². The van der Waals surface area contributed by atoms with Crippen molar-refractivity contribution in [3.05, 3.63) is 96.1 Å². The van der Waals surface area contributed by atoms with Crippen LogP contribution in [0.2, 0.25) is 0 Å². The number of amides is 1. The number of nitrogens with zero attached hydrogens (tertiary/aromatic N) is 2. The number of carbonyl (C=O) groups excluding carboxylic acids is 2. The summed E-state index contributed by atoms with van der Waals surface area (Å²) in [6.07, 6.45) is 16.3. The molecule has 1 amide bonds. The first-order chi connectivity index (χ1) is 15.1. The van der Waals surface area contributed by atoms with Crippen LogP contribution in [0.5, 0.6) is 0 Å². The molecule has 2 aromatic rings. The highest BCUT2D eigenvalue weighted by Gasteiger charge is 2.05. The summed E-state index contributed by atoms with van der Waals surface area (Å²) < 4.78 is 0. The van der Waals surface area contributed by atoms with Crippen molar-refractivity contribution < 1.29 is 9.59 Å². The van der Waals surface area contributed by atoms with E-state index in [1.165, 1.54) is 18.4 Å². The molecule has 7 heteroatoms. The Hall–Kier alpha value is -4.26. The van der Waals surface area contributed by atoms with Crippen molar-refractivity contribution in [2.75, 3.05) is 12.4 Å². The molecule has 1 aromatic carbocycles. The molecule has 0 aliphatic rings. The number of hydrogen-bond acceptors (Lipinski definition) is 6. The Bertz CT molecular complexity index is 1020. The molecule has 2 rings (SSSR count). The number of nitrogens with one attached hydrogen (secondary N) is 2. The fraction of sp³-hybridized carbons (Fsp3) is 0.0833. The molecule has 1 aromatic heterocycles. The van der Waals surface area contributed by atoms with E-state index in [0.29, 0.717) is 23.4 Å². The van der Waals surface area contributed by atoms with Crippen molar-refractivity contribution in [1.29, 1.82) is 5.41 Å². The molecular weight excluding hydrogens is 390 g/mol. The number of hydrogen-bond donors (Lipinski definition) is 3. The summed E-state index contributed by atoms with van der Waals surface area (Å²) in [5.74, 6) is -0.280. The van der Waals surface area contributed by atoms with Crippen LogP contribution in [0.3, 0.4) is 0 Å². The Labute approximate surface area is 181 Å². The lowest BCUT2D eigenvalue weighted by Gasteiger charge is -2.14. The number of pyridine rings is 1. The van der Waals surface area contributed by atoms with E-state index in [-0.39, 0.29) is 5.91 Å². The van der Waals surface area contributed by atoms with E-state index in [2.05, 4.69) is 10.3 Å². The number of aromatic nitrogens is 1. The third-order valence-electron chi connectivity index (χ3n) is 4.21. The molecule has 31 heavy (non-hydrogen) atoms. The molecule has 4 N–H and O–H groups in total. The first-order valence-corrected chi connectivity index (χ1v) is 9.51. The van der Waals surface area contributed by atoms with Gasteiger partial charge in [-0.15, -0.1) is 0 Å². The predicted octanol–water partition coefficient (Wildman–Crippen LogP) is 3.38. The standard InChI is InChI=1S/C24H25N5O2/c1-29(13-3-2-4-14-30)18-19-5-8-22(9-6-19)28-24(31)10-7-20-17-27-12-11-23(20)21(15-25)16-26/h2-17,25H,18,26H2,1H3,(H,28,31)/b4-2-,10-7+,13-3-,21-16+,25-15?. The highest BCUT2D eigenvalue weighted by Crippen LogP contribution is 2.17. The number of rotatable bonds is 10. The monoisotopic (exact) mass is 415 g/mol. The molecule has 0 atom stereocenters. The summed E-state index contributed by atoms with van der Waals surface area (Å²) in [6, 6.07) is 9.29. The SMILES string of the molecule is CN(/C=C\C=C/C=O)Cc1ccc(NC(=O)/C=C/c2cnccc2/C(C=N)=C/N)cc1. The van der Waals surface area contributed by atoms with Crippen molar-refractivity contribution in [1.82, 2.24) is 9.88 Å². The van der Waals surface area contributed by atoms with Gasteiger partial charge in [-0.2, -0.15) is 0 Å². The third-order valence-corrected chi connectivity index (χ3v) is 4.21. The van der Waals surface area contributed by atoms with Gasteiger partial charge in [0.05, 0.1) is 0 Å². The topological polar surface area (TPSA) is 112 Å². The second-order valence-corrected chi connectivity index (χ2v) is 6.53. The summed E-state index contributed by atoms with van der Waals surface area (Å²) in [5, 5.41) is 10.3. The molecule has 0 radical (unpaired) electrons. The van der Waals surface area contributed by atoms with Gasteiger partial charge < -0.3 is 21.4 Å². The first kappa shape index (κ1) is 23.0. The van der Waals surface area contributed by atoms with Gasteiger partial charge in [0, 0.05) is 61.3 Å². The molecule has 0 aliphatic heterocycles. The van der Waals surface area contributed by atoms with Crippen molar-refractivity contribution in [2.24, 2.45) is 5.73 Å². The van der Waals surface area contributed by atoms with Crippen LogP contribution < -0.4 is 11.1 Å². The average Bonchev–Trinajstić information content (AvgIpc) is 2.78. The second kappa shape index (κ2) is 12.3. The molecular formula is C24H25N5O2. The van der Waals surface area contributed by atoms with Gasteiger partial charge >= 0.3 is 0 Å². The maximum Gasteiger partial charge on any atom is 0.248 e. The highest BCUT2D eigenvalue weighted by molar-refractivity contribution is 6.10. The lowest BCUT2D eigenvalue weighted by Crippen LogP contribution is -2.10. The third kappa shape index (κ3) is 7.58. The molecule has 0 spiro atoms. The van der Waals surface area contributed by atoms with Crippen LogP contribution in [0, 0.1) is 5.41 Å². The van der Waals surface area contributed by atoms with Crippen LogP contribution in [0.15, 0.2) is 79.4 Å². The van der Waals surface area contributed by atoms with Gasteiger partial charge in [-0.05, 0) is 53.8 Å². The smallest absolute Gasteiger partial charge is 0.248 e. The lowest BCUT2D eigenvalue weighted by molar-refractivity contribution is -0.111. The van der Waals surface area contributed by atoms with Gasteiger partial charge in [0.2, 0.25) is 5.91 Å². The molecule has 0 unspecified atom stereocenters. The Kier molecular flexibility index (Phi) is 9.16. The van der Waals surface area contributed by atoms with Crippen molar-refractivity contribution in [2.45, 2.75) is 6.54 Å². The molecule has 0 fully saturated rings. The van der Waals surface area contributed by atoms with Crippen LogP contribution in [0.4, 0.5) is 5.69 Å². The summed E-state index contributed by atoms with van der Waals surface area (Å²) in [7, 11) is 1.93. The fourth-order valence-corrected chi connectivity index (χ4v) is 2.71. The van der Waals surface area contributed by atoms with Gasteiger partial charge in [0.1, 0.15) is 6.29 Å². The van der Waals surface area contributed by atoms with Gasteiger partial charge in [0.25, 0.3) is 0 Å². The molecule has 0 saturated heterocycles. The van der Waals surface area contributed by atoms with Crippen molar-refractivity contribution in [3.8, 4) is 0 Å². The van der Waals surface area contributed by atoms with Gasteiger partial charge in [-0.3, -0.25) is 14.6 Å². The minimum Gasteiger partial charge on any atom is -0.404 e. The van der Waals surface area contributed by atoms with Gasteiger partial charge in [0.15, 0.2) is 0 Å². The van der Waals surface area contributed by atoms with Crippen LogP contribution in [-0.4, -0.2) is 35.3 Å². The maximum absolute atomic E-state index is 12.3. The highest BCUT2D eigenvalue weighted by atomic mass is 16.1. The van der Waals surface area contributed by atoms with Crippen molar-refractivity contribution >= 4 is 35.7 Å². The van der Waals surface area contributed by atoms with E-state index in [1.54, 1.807) is 36.7 Å².